The van der Waals surface area contributed by atoms with Crippen LogP contribution in [0.4, 0.5) is 0 Å². The number of nitrogens with one attached hydrogen (secondary N) is 1. The van der Waals surface area contributed by atoms with Gasteiger partial charge in [0.2, 0.25) is 0 Å². The third-order valence-corrected chi connectivity index (χ3v) is 2.35. The van der Waals surface area contributed by atoms with E-state index in [1.165, 1.54) is 0 Å². The minimum Gasteiger partial charge on any atom is -0.477 e. The second-order valence-corrected chi connectivity index (χ2v) is 4.54. The smallest absolute Gasteiger partial charge is 0.176 e. The maximum absolute atomic E-state index is 9.73. The van der Waals surface area contributed by atoms with Crippen molar-refractivity contribution < 1.29 is 14.6 Å². The Kier molecular flexibility index (Phi) is 6.20. The van der Waals surface area contributed by atoms with Crippen LogP contribution in [-0.4, -0.2) is 30.1 Å². The van der Waals surface area contributed by atoms with Crippen molar-refractivity contribution in [1.29, 1.82) is 0 Å². The zero-order valence-corrected chi connectivity index (χ0v) is 11.6. The summed E-state index contributed by atoms with van der Waals surface area (Å²) >= 11 is 0. The maximum Gasteiger partial charge on any atom is 0.176 e. The number of para-hydroxylation sites is 2. The molecule has 0 saturated heterocycles. The Hall–Kier alpha value is -1.70. The molecule has 0 aliphatic rings. The lowest BCUT2D eigenvalue weighted by Crippen LogP contribution is -2.46. The standard InChI is InChI=1S/C15H21NO3/c1-5-10-18-13-8-6-7-9-14(13)19-15(12(4)17)16-11(2)3/h1,6-9,11-12,15-17H,10H2,2-4H3. The molecule has 104 valence electrons. The van der Waals surface area contributed by atoms with Crippen LogP contribution < -0.4 is 14.8 Å². The van der Waals surface area contributed by atoms with Gasteiger partial charge in [-0.25, -0.2) is 0 Å². The largest absolute Gasteiger partial charge is 0.477 e. The molecule has 1 aromatic rings. The number of hydrogen-bond acceptors (Lipinski definition) is 4. The van der Waals surface area contributed by atoms with Gasteiger partial charge in [-0.15, -0.1) is 6.42 Å². The van der Waals surface area contributed by atoms with Crippen LogP contribution in [0.2, 0.25) is 0 Å². The number of terminal acetylenes is 1. The number of ether oxygens (including phenoxy) is 2. The van der Waals surface area contributed by atoms with Crippen molar-refractivity contribution in [2.45, 2.75) is 39.1 Å². The molecule has 0 amide bonds. The number of benzene rings is 1. The van der Waals surface area contributed by atoms with E-state index in [2.05, 4.69) is 11.2 Å². The third kappa shape index (κ3) is 5.21. The van der Waals surface area contributed by atoms with Gasteiger partial charge < -0.3 is 14.6 Å². The van der Waals surface area contributed by atoms with Gasteiger partial charge in [-0.1, -0.05) is 18.1 Å². The highest BCUT2D eigenvalue weighted by Gasteiger charge is 2.19. The van der Waals surface area contributed by atoms with Crippen LogP contribution in [0.3, 0.4) is 0 Å². The van der Waals surface area contributed by atoms with Gasteiger partial charge in [0.05, 0.1) is 0 Å². The fourth-order valence-corrected chi connectivity index (χ4v) is 1.52. The number of aliphatic hydroxyl groups is 1. The van der Waals surface area contributed by atoms with E-state index in [1.54, 1.807) is 19.1 Å². The summed E-state index contributed by atoms with van der Waals surface area (Å²) in [6.07, 6.45) is 4.02. The van der Waals surface area contributed by atoms with Crippen LogP contribution in [0, 0.1) is 12.3 Å². The molecule has 0 aliphatic heterocycles. The predicted molar refractivity (Wildman–Crippen MR) is 75.1 cm³/mol. The van der Waals surface area contributed by atoms with Gasteiger partial charge in [0.25, 0.3) is 0 Å². The Labute approximate surface area is 114 Å². The van der Waals surface area contributed by atoms with Gasteiger partial charge in [-0.05, 0) is 32.9 Å². The van der Waals surface area contributed by atoms with E-state index in [1.807, 2.05) is 26.0 Å². The minimum atomic E-state index is -0.650. The Balaban J connectivity index is 2.81. The van der Waals surface area contributed by atoms with Crippen molar-refractivity contribution in [3.05, 3.63) is 24.3 Å². The predicted octanol–water partition coefficient (Wildman–Crippen LogP) is 1.78. The van der Waals surface area contributed by atoms with E-state index in [9.17, 15) is 5.11 Å². The minimum absolute atomic E-state index is 0.178. The first kappa shape index (κ1) is 15.4. The molecule has 4 heteroatoms. The summed E-state index contributed by atoms with van der Waals surface area (Å²) in [4.78, 5) is 0. The molecular formula is C15H21NO3. The van der Waals surface area contributed by atoms with Gasteiger partial charge in [-0.3, -0.25) is 5.32 Å². The second kappa shape index (κ2) is 7.67. The molecule has 0 radical (unpaired) electrons. The van der Waals surface area contributed by atoms with Crippen LogP contribution in [-0.2, 0) is 0 Å². The number of aliphatic hydroxyl groups excluding tert-OH is 1. The first-order chi connectivity index (χ1) is 9.04. The molecule has 2 atom stereocenters. The second-order valence-electron chi connectivity index (χ2n) is 4.54. The number of rotatable bonds is 7. The summed E-state index contributed by atoms with van der Waals surface area (Å²) < 4.78 is 11.2. The van der Waals surface area contributed by atoms with Gasteiger partial charge in [0, 0.05) is 6.04 Å². The molecule has 0 spiro atoms. The fourth-order valence-electron chi connectivity index (χ4n) is 1.52. The average Bonchev–Trinajstić information content (AvgIpc) is 2.36. The molecular weight excluding hydrogens is 242 g/mol. The SMILES string of the molecule is C#CCOc1ccccc1OC(NC(C)C)C(C)O. The molecule has 0 aliphatic carbocycles. The zero-order valence-electron chi connectivity index (χ0n) is 11.6. The number of hydrogen-bond donors (Lipinski definition) is 2. The highest BCUT2D eigenvalue weighted by Crippen LogP contribution is 2.27. The van der Waals surface area contributed by atoms with Crippen LogP contribution in [0.25, 0.3) is 0 Å². The van der Waals surface area contributed by atoms with Crippen LogP contribution in [0.15, 0.2) is 24.3 Å². The normalized spacial score (nSPS) is 13.7. The van der Waals surface area contributed by atoms with Crippen molar-refractivity contribution in [2.75, 3.05) is 6.61 Å². The Morgan fingerprint density at radius 1 is 1.26 bits per heavy atom. The first-order valence-corrected chi connectivity index (χ1v) is 6.30. The van der Waals surface area contributed by atoms with Gasteiger partial charge >= 0.3 is 0 Å². The summed E-state index contributed by atoms with van der Waals surface area (Å²) in [5, 5.41) is 12.9. The van der Waals surface area contributed by atoms with Crippen molar-refractivity contribution in [1.82, 2.24) is 5.32 Å². The monoisotopic (exact) mass is 263 g/mol. The first-order valence-electron chi connectivity index (χ1n) is 6.30. The Morgan fingerprint density at radius 2 is 1.89 bits per heavy atom. The zero-order chi connectivity index (χ0) is 14.3. The van der Waals surface area contributed by atoms with E-state index < -0.39 is 12.3 Å². The molecule has 19 heavy (non-hydrogen) atoms. The van der Waals surface area contributed by atoms with E-state index in [-0.39, 0.29) is 12.6 Å². The molecule has 1 aromatic carbocycles. The van der Waals surface area contributed by atoms with Crippen molar-refractivity contribution >= 4 is 0 Å². The maximum atomic E-state index is 9.73. The van der Waals surface area contributed by atoms with Crippen LogP contribution >= 0.6 is 0 Å². The molecule has 2 N–H and O–H groups in total. The Morgan fingerprint density at radius 3 is 2.42 bits per heavy atom. The summed E-state index contributed by atoms with van der Waals surface area (Å²) in [5.74, 6) is 3.53. The highest BCUT2D eigenvalue weighted by molar-refractivity contribution is 5.39. The lowest BCUT2D eigenvalue weighted by atomic mass is 10.3. The topological polar surface area (TPSA) is 50.7 Å². The van der Waals surface area contributed by atoms with Gasteiger partial charge in [0.1, 0.15) is 12.7 Å². The molecule has 1 rings (SSSR count). The third-order valence-electron chi connectivity index (χ3n) is 2.35. The van der Waals surface area contributed by atoms with Crippen molar-refractivity contribution in [3.8, 4) is 23.8 Å². The van der Waals surface area contributed by atoms with Crippen molar-refractivity contribution in [2.24, 2.45) is 0 Å². The van der Waals surface area contributed by atoms with Gasteiger partial charge in [0.15, 0.2) is 17.7 Å². The van der Waals surface area contributed by atoms with Crippen LogP contribution in [0.5, 0.6) is 11.5 Å². The summed E-state index contributed by atoms with van der Waals surface area (Å²) in [6, 6.07) is 7.43. The molecule has 0 saturated carbocycles. The van der Waals surface area contributed by atoms with Crippen molar-refractivity contribution in [3.63, 3.8) is 0 Å². The molecule has 0 fully saturated rings. The molecule has 2 unspecified atom stereocenters. The highest BCUT2D eigenvalue weighted by atomic mass is 16.5. The summed E-state index contributed by atoms with van der Waals surface area (Å²) in [5.41, 5.74) is 0. The summed E-state index contributed by atoms with van der Waals surface area (Å²) in [6.45, 7) is 5.82. The van der Waals surface area contributed by atoms with E-state index >= 15 is 0 Å². The summed E-state index contributed by atoms with van der Waals surface area (Å²) in [7, 11) is 0. The van der Waals surface area contributed by atoms with E-state index in [0.717, 1.165) is 0 Å². The molecule has 4 nitrogen and oxygen atoms in total. The van der Waals surface area contributed by atoms with Gasteiger partial charge in [-0.2, -0.15) is 0 Å². The Bertz CT molecular complexity index is 424. The van der Waals surface area contributed by atoms with E-state index in [4.69, 9.17) is 15.9 Å². The lowest BCUT2D eigenvalue weighted by molar-refractivity contribution is 0.0201. The lowest BCUT2D eigenvalue weighted by Gasteiger charge is -2.25. The molecule has 0 bridgehead atoms. The van der Waals surface area contributed by atoms with E-state index in [0.29, 0.717) is 11.5 Å². The molecule has 0 aromatic heterocycles. The fraction of sp³-hybridized carbons (Fsp3) is 0.467. The average molecular weight is 263 g/mol. The molecule has 0 heterocycles. The quantitative estimate of drug-likeness (QED) is 0.581. The van der Waals surface area contributed by atoms with Crippen LogP contribution in [0.1, 0.15) is 20.8 Å².